The fourth-order valence-electron chi connectivity index (χ4n) is 0.847. The minimum Gasteiger partial charge on any atom is -0.445 e. The number of nitrogens with zero attached hydrogens (tertiary/aromatic N) is 1. The van der Waals surface area contributed by atoms with Gasteiger partial charge in [-0.15, -0.1) is 12.1 Å². The largest absolute Gasteiger partial charge is 1.00 e. The first kappa shape index (κ1) is 19.3. The van der Waals surface area contributed by atoms with Gasteiger partial charge in [0.25, 0.3) is 0 Å². The van der Waals surface area contributed by atoms with E-state index in [4.69, 9.17) is 0 Å². The number of rotatable bonds is 5. The van der Waals surface area contributed by atoms with Gasteiger partial charge in [-0.05, 0) is 13.6 Å². The minimum absolute atomic E-state index is 0. The van der Waals surface area contributed by atoms with Crippen molar-refractivity contribution in [3.8, 4) is 0 Å². The molecule has 0 rings (SSSR count). The van der Waals surface area contributed by atoms with Crippen LogP contribution in [0.4, 0.5) is 26.1 Å². The second kappa shape index (κ2) is 7.42. The van der Waals surface area contributed by atoms with Gasteiger partial charge in [0.15, 0.2) is 0 Å². The molecule has 0 atom stereocenters. The van der Waals surface area contributed by atoms with E-state index >= 15 is 0 Å². The Labute approximate surface area is 133 Å². The van der Waals surface area contributed by atoms with Crippen molar-refractivity contribution in [3.05, 3.63) is 12.1 Å². The maximum absolute atomic E-state index is 12.0. The zero-order chi connectivity index (χ0) is 12.3. The molecule has 0 aromatic rings. The molecular formula is C7H11BF6KN. The van der Waals surface area contributed by atoms with Gasteiger partial charge in [0.2, 0.25) is 0 Å². The van der Waals surface area contributed by atoms with Crippen molar-refractivity contribution in [1.82, 2.24) is 4.90 Å². The average Bonchev–Trinajstić information content (AvgIpc) is 1.97. The molecule has 0 saturated carbocycles. The Morgan fingerprint density at radius 3 is 2.00 bits per heavy atom. The van der Waals surface area contributed by atoms with E-state index in [9.17, 15) is 26.1 Å². The molecule has 0 aromatic heterocycles. The van der Waals surface area contributed by atoms with Crippen molar-refractivity contribution < 1.29 is 77.5 Å². The Morgan fingerprint density at radius 1 is 1.25 bits per heavy atom. The molecule has 0 unspecified atom stereocenters. The van der Waals surface area contributed by atoms with Crippen molar-refractivity contribution in [2.75, 3.05) is 20.1 Å². The summed E-state index contributed by atoms with van der Waals surface area (Å²) in [7, 11) is 1.19. The van der Waals surface area contributed by atoms with Crippen molar-refractivity contribution in [2.24, 2.45) is 0 Å². The van der Waals surface area contributed by atoms with Gasteiger partial charge in [0.05, 0.1) is 6.42 Å². The van der Waals surface area contributed by atoms with E-state index in [0.717, 1.165) is 4.90 Å². The topological polar surface area (TPSA) is 3.24 Å². The fraction of sp³-hybridized carbons (Fsp3) is 0.714. The molecule has 0 bridgehead atoms. The quantitative estimate of drug-likeness (QED) is 0.496. The second-order valence-corrected chi connectivity index (χ2v) is 3.34. The van der Waals surface area contributed by atoms with Crippen LogP contribution in [0.15, 0.2) is 12.1 Å². The summed E-state index contributed by atoms with van der Waals surface area (Å²) in [5, 5.41) is 0. The van der Waals surface area contributed by atoms with Crippen LogP contribution in [0.2, 0.25) is 0 Å². The number of likely N-dealkylation sites (N-methyl/N-ethyl adjacent to an activating group) is 1. The monoisotopic (exact) mass is 273 g/mol. The van der Waals surface area contributed by atoms with E-state index in [0.29, 0.717) is 0 Å². The third-order valence-corrected chi connectivity index (χ3v) is 1.71. The number of hydrogen-bond acceptors (Lipinski definition) is 1. The minimum atomic E-state index is -5.16. The van der Waals surface area contributed by atoms with Gasteiger partial charge in [0, 0.05) is 6.54 Å². The first-order chi connectivity index (χ1) is 6.52. The molecule has 9 heteroatoms. The van der Waals surface area contributed by atoms with E-state index in [1.807, 2.05) is 0 Å². The van der Waals surface area contributed by atoms with Crippen LogP contribution in [0.25, 0.3) is 0 Å². The third-order valence-electron chi connectivity index (χ3n) is 1.71. The molecule has 0 N–H and O–H groups in total. The summed E-state index contributed by atoms with van der Waals surface area (Å²) >= 11 is 0. The summed E-state index contributed by atoms with van der Waals surface area (Å²) in [6.07, 6.45) is -5.47. The van der Waals surface area contributed by atoms with Crippen molar-refractivity contribution in [2.45, 2.75) is 12.6 Å². The van der Waals surface area contributed by atoms with Crippen molar-refractivity contribution in [1.29, 1.82) is 0 Å². The van der Waals surface area contributed by atoms with Gasteiger partial charge in [0.1, 0.15) is 0 Å². The molecule has 0 heterocycles. The van der Waals surface area contributed by atoms with E-state index in [2.05, 4.69) is 6.58 Å². The second-order valence-electron chi connectivity index (χ2n) is 3.34. The van der Waals surface area contributed by atoms with Crippen LogP contribution in [0.1, 0.15) is 6.42 Å². The van der Waals surface area contributed by atoms with Gasteiger partial charge in [-0.3, -0.25) is 0 Å². The van der Waals surface area contributed by atoms with Gasteiger partial charge in [-0.1, -0.05) is 0 Å². The molecule has 0 aliphatic carbocycles. The first-order valence-corrected chi connectivity index (χ1v) is 4.15. The Morgan fingerprint density at radius 2 is 1.69 bits per heavy atom. The fourth-order valence-corrected chi connectivity index (χ4v) is 0.847. The number of hydrogen-bond donors (Lipinski definition) is 0. The van der Waals surface area contributed by atoms with E-state index in [-0.39, 0.29) is 51.4 Å². The summed E-state index contributed by atoms with van der Waals surface area (Å²) in [5.41, 5.74) is -0.986. The predicted molar refractivity (Wildman–Crippen MR) is 46.4 cm³/mol. The van der Waals surface area contributed by atoms with Crippen molar-refractivity contribution >= 4 is 6.98 Å². The molecular weight excluding hydrogens is 262 g/mol. The summed E-state index contributed by atoms with van der Waals surface area (Å²) in [5.74, 6) is 0. The smallest absolute Gasteiger partial charge is 0.445 e. The molecule has 0 saturated heterocycles. The molecule has 0 aromatic carbocycles. The SMILES string of the molecule is C=C(CN(C)CCC(F)(F)F)[B-](F)(F)F.[K+]. The van der Waals surface area contributed by atoms with Crippen LogP contribution in [-0.4, -0.2) is 38.2 Å². The molecule has 16 heavy (non-hydrogen) atoms. The molecule has 1 nitrogen and oxygen atoms in total. The molecule has 0 radical (unpaired) electrons. The molecule has 0 fully saturated rings. The third kappa shape index (κ3) is 10.2. The van der Waals surface area contributed by atoms with E-state index in [1.54, 1.807) is 0 Å². The van der Waals surface area contributed by atoms with Gasteiger partial charge >= 0.3 is 64.5 Å². The van der Waals surface area contributed by atoms with Crippen molar-refractivity contribution in [3.63, 3.8) is 0 Å². The zero-order valence-corrected chi connectivity index (χ0v) is 12.2. The number of alkyl halides is 3. The number of halogens is 6. The van der Waals surface area contributed by atoms with Gasteiger partial charge in [-0.25, -0.2) is 0 Å². The maximum Gasteiger partial charge on any atom is 1.00 e. The molecule has 0 amide bonds. The van der Waals surface area contributed by atoms with Crippen LogP contribution in [-0.2, 0) is 0 Å². The normalized spacial score (nSPS) is 12.5. The Balaban J connectivity index is 0. The Hall–Kier alpha value is 0.981. The molecule has 0 spiro atoms. The summed E-state index contributed by atoms with van der Waals surface area (Å²) in [6, 6.07) is 0. The standard InChI is InChI=1S/C7H11BF6N.K/c1-6(8(12,13)14)5-15(2)4-3-7(9,10)11;/h1,3-5H2,2H3;/q-1;+1. The van der Waals surface area contributed by atoms with Crippen LogP contribution < -0.4 is 51.4 Å². The summed E-state index contributed by atoms with van der Waals surface area (Å²) < 4.78 is 71.2. The van der Waals surface area contributed by atoms with Crippen LogP contribution in [0.3, 0.4) is 0 Å². The molecule has 0 aliphatic rings. The average molecular weight is 273 g/mol. The Kier molecular flexibility index (Phi) is 8.97. The maximum atomic E-state index is 12.0. The van der Waals surface area contributed by atoms with Crippen LogP contribution in [0, 0.1) is 0 Å². The Bertz CT molecular complexity index is 226. The molecule has 0 aliphatic heterocycles. The van der Waals surface area contributed by atoms with E-state index < -0.39 is 38.1 Å². The first-order valence-electron chi connectivity index (χ1n) is 4.15. The van der Waals surface area contributed by atoms with Crippen LogP contribution >= 0.6 is 0 Å². The van der Waals surface area contributed by atoms with E-state index in [1.165, 1.54) is 7.05 Å². The summed E-state index contributed by atoms with van der Waals surface area (Å²) in [4.78, 5) is 0.949. The van der Waals surface area contributed by atoms with Crippen LogP contribution in [0.5, 0.6) is 0 Å². The zero-order valence-electron chi connectivity index (χ0n) is 9.12. The summed E-state index contributed by atoms with van der Waals surface area (Å²) in [6.45, 7) is -3.42. The molecule has 90 valence electrons. The van der Waals surface area contributed by atoms with Gasteiger partial charge < -0.3 is 17.8 Å². The van der Waals surface area contributed by atoms with Gasteiger partial charge in [-0.2, -0.15) is 13.2 Å². The predicted octanol–water partition coefficient (Wildman–Crippen LogP) is -0.183.